The van der Waals surface area contributed by atoms with Crippen LogP contribution in [0.25, 0.3) is 5.57 Å². The molecule has 1 saturated carbocycles. The average molecular weight is 785 g/mol. The number of nitrogens with one attached hydrogen (secondary N) is 1. The van der Waals surface area contributed by atoms with Crippen LogP contribution in [-0.4, -0.2) is 99.5 Å². The summed E-state index contributed by atoms with van der Waals surface area (Å²) in [5.41, 5.74) is 4.32. The second-order valence-electron chi connectivity index (χ2n) is 13.3. The standard InChI is InChI=1S/C38H40BrClFN3O7/c39-29-14-11-25(41)18-32(29)51-17-3-4-22-7-9-23(10-8-22)28-19-26-20-43(37(48)34(45)35(46)38(49)50)21-31(42-26)33(28)36(47)44(27-12-13-27)16-15-24-5-1-2-6-30(24)40/h1-2,5-11,14,18,26-27,31,34-35,42,45-46H,3-4,12-13,15-17,19-21H2,(H,49,50)/t26-,31-,34+,35+/m1/s1. The first-order chi connectivity index (χ1) is 24.5. The predicted octanol–water partition coefficient (Wildman–Crippen LogP) is 4.62. The van der Waals surface area contributed by atoms with Gasteiger partial charge in [0.05, 0.1) is 17.1 Å². The van der Waals surface area contributed by atoms with E-state index in [1.54, 1.807) is 6.07 Å². The Morgan fingerprint density at radius 2 is 1.76 bits per heavy atom. The number of halogens is 3. The van der Waals surface area contributed by atoms with Gasteiger partial charge < -0.3 is 35.2 Å². The SMILES string of the molecule is O=C(O)[C@@H](O)[C@H](O)C(=O)N1C[C@H]2CC(c3ccc(CCCOc4cc(F)ccc4Br)cc3)=C(C(=O)N(CCc3ccccc3Cl)C3CC3)[C@@H](C1)N2. The normalized spacial score (nSPS) is 19.7. The molecule has 0 spiro atoms. The highest BCUT2D eigenvalue weighted by Gasteiger charge is 2.45. The van der Waals surface area contributed by atoms with Gasteiger partial charge in [0, 0.05) is 48.4 Å². The fourth-order valence-electron chi connectivity index (χ4n) is 6.86. The Labute approximate surface area is 309 Å². The molecule has 2 fully saturated rings. The van der Waals surface area contributed by atoms with Crippen LogP contribution in [0.15, 0.2) is 76.8 Å². The highest BCUT2D eigenvalue weighted by Crippen LogP contribution is 2.37. The van der Waals surface area contributed by atoms with Crippen LogP contribution in [0.2, 0.25) is 5.02 Å². The molecule has 0 aromatic heterocycles. The number of ether oxygens (including phenoxy) is 1. The first-order valence-corrected chi connectivity index (χ1v) is 18.3. The minimum Gasteiger partial charge on any atom is -0.492 e. The van der Waals surface area contributed by atoms with Crippen molar-refractivity contribution in [1.82, 2.24) is 15.1 Å². The lowest BCUT2D eigenvalue weighted by molar-refractivity contribution is -0.163. The molecule has 270 valence electrons. The number of rotatable bonds is 14. The molecular formula is C38H40BrClFN3O7. The van der Waals surface area contributed by atoms with Gasteiger partial charge in [-0.1, -0.05) is 54.1 Å². The number of aliphatic hydroxyl groups excluding tert-OH is 2. The van der Waals surface area contributed by atoms with Crippen molar-refractivity contribution < 1.29 is 38.8 Å². The number of carbonyl (C=O) groups is 3. The Kier molecular flexibility index (Phi) is 11.8. The maximum Gasteiger partial charge on any atom is 0.335 e. The zero-order valence-corrected chi connectivity index (χ0v) is 30.2. The van der Waals surface area contributed by atoms with Crippen molar-refractivity contribution in [3.05, 3.63) is 104 Å². The molecule has 2 amide bonds. The van der Waals surface area contributed by atoms with E-state index >= 15 is 0 Å². The van der Waals surface area contributed by atoms with Gasteiger partial charge in [0.2, 0.25) is 0 Å². The van der Waals surface area contributed by atoms with E-state index in [1.807, 2.05) is 53.4 Å². The Morgan fingerprint density at radius 1 is 1.02 bits per heavy atom. The maximum absolute atomic E-state index is 14.7. The van der Waals surface area contributed by atoms with Crippen LogP contribution in [0.3, 0.4) is 0 Å². The number of carbonyl (C=O) groups excluding carboxylic acids is 2. The number of fused-ring (bicyclic) bond motifs is 2. The molecule has 13 heteroatoms. The highest BCUT2D eigenvalue weighted by molar-refractivity contribution is 9.10. The van der Waals surface area contributed by atoms with E-state index < -0.39 is 30.1 Å². The number of aliphatic carboxylic acids is 1. The lowest BCUT2D eigenvalue weighted by Gasteiger charge is -2.45. The number of aryl methyl sites for hydroxylation is 1. The molecule has 3 aliphatic rings. The van der Waals surface area contributed by atoms with Crippen LogP contribution in [0.4, 0.5) is 4.39 Å². The number of nitrogens with zero attached hydrogens (tertiary/aromatic N) is 2. The maximum atomic E-state index is 14.7. The van der Waals surface area contributed by atoms with Gasteiger partial charge in [0.15, 0.2) is 12.2 Å². The first kappa shape index (κ1) is 37.0. The summed E-state index contributed by atoms with van der Waals surface area (Å²) in [5.74, 6) is -2.65. The van der Waals surface area contributed by atoms with Crippen molar-refractivity contribution in [2.75, 3.05) is 26.2 Å². The summed E-state index contributed by atoms with van der Waals surface area (Å²) in [6.45, 7) is 1.05. The van der Waals surface area contributed by atoms with Crippen molar-refractivity contribution in [2.24, 2.45) is 0 Å². The first-order valence-electron chi connectivity index (χ1n) is 17.1. The number of amides is 2. The largest absolute Gasteiger partial charge is 0.492 e. The van der Waals surface area contributed by atoms with E-state index in [0.29, 0.717) is 53.2 Å². The van der Waals surface area contributed by atoms with Crippen LogP contribution in [0, 0.1) is 5.82 Å². The summed E-state index contributed by atoms with van der Waals surface area (Å²) < 4.78 is 20.1. The van der Waals surface area contributed by atoms with Crippen LogP contribution < -0.4 is 10.1 Å². The van der Waals surface area contributed by atoms with Crippen molar-refractivity contribution in [3.8, 4) is 5.75 Å². The van der Waals surface area contributed by atoms with Gasteiger partial charge in [-0.15, -0.1) is 0 Å². The molecule has 3 aromatic carbocycles. The van der Waals surface area contributed by atoms with E-state index in [2.05, 4.69) is 21.2 Å². The fourth-order valence-corrected chi connectivity index (χ4v) is 7.45. The summed E-state index contributed by atoms with van der Waals surface area (Å²) in [6, 6.07) is 19.2. The molecule has 0 radical (unpaired) electrons. The zero-order chi connectivity index (χ0) is 36.2. The van der Waals surface area contributed by atoms with Crippen molar-refractivity contribution >= 4 is 50.9 Å². The Morgan fingerprint density at radius 3 is 2.47 bits per heavy atom. The van der Waals surface area contributed by atoms with E-state index in [0.717, 1.165) is 41.5 Å². The second-order valence-corrected chi connectivity index (χ2v) is 14.5. The summed E-state index contributed by atoms with van der Waals surface area (Å²) in [4.78, 5) is 42.4. The molecule has 3 aromatic rings. The Bertz CT molecular complexity index is 1800. The number of hydrogen-bond acceptors (Lipinski definition) is 7. The zero-order valence-electron chi connectivity index (χ0n) is 27.8. The van der Waals surface area contributed by atoms with Gasteiger partial charge in [-0.05, 0) is 94.9 Å². The second kappa shape index (κ2) is 16.2. The van der Waals surface area contributed by atoms with E-state index in [1.165, 1.54) is 17.0 Å². The van der Waals surface area contributed by atoms with Crippen molar-refractivity contribution in [3.63, 3.8) is 0 Å². The van der Waals surface area contributed by atoms with E-state index in [4.69, 9.17) is 16.3 Å². The minimum absolute atomic E-state index is 0.0197. The number of piperazine rings is 1. The third kappa shape index (κ3) is 8.81. The molecule has 2 aliphatic heterocycles. The molecule has 0 unspecified atom stereocenters. The van der Waals surface area contributed by atoms with Gasteiger partial charge in [-0.25, -0.2) is 9.18 Å². The molecule has 2 heterocycles. The molecule has 10 nitrogen and oxygen atoms in total. The summed E-state index contributed by atoms with van der Waals surface area (Å²) in [5, 5.41) is 33.6. The van der Waals surface area contributed by atoms with Crippen molar-refractivity contribution in [2.45, 2.75) is 68.9 Å². The van der Waals surface area contributed by atoms with Gasteiger partial charge >= 0.3 is 5.97 Å². The summed E-state index contributed by atoms with van der Waals surface area (Å²) in [7, 11) is 0. The van der Waals surface area contributed by atoms with Gasteiger partial charge in [-0.3, -0.25) is 9.59 Å². The van der Waals surface area contributed by atoms with Gasteiger partial charge in [0.1, 0.15) is 11.6 Å². The summed E-state index contributed by atoms with van der Waals surface area (Å²) in [6.07, 6.45) is -0.201. The van der Waals surface area contributed by atoms with E-state index in [9.17, 15) is 34.1 Å². The topological polar surface area (TPSA) is 140 Å². The average Bonchev–Trinajstić information content (AvgIpc) is 3.96. The lowest BCUT2D eigenvalue weighted by Crippen LogP contribution is -2.64. The van der Waals surface area contributed by atoms with Crippen LogP contribution >= 0.6 is 27.5 Å². The number of benzene rings is 3. The quantitative estimate of drug-likeness (QED) is 0.174. The summed E-state index contributed by atoms with van der Waals surface area (Å²) >= 11 is 9.83. The van der Waals surface area contributed by atoms with Crippen LogP contribution in [-0.2, 0) is 27.2 Å². The monoisotopic (exact) mass is 783 g/mol. The van der Waals surface area contributed by atoms with E-state index in [-0.39, 0.29) is 36.9 Å². The third-order valence-corrected chi connectivity index (χ3v) is 10.7. The molecule has 1 saturated heterocycles. The predicted molar refractivity (Wildman–Crippen MR) is 193 cm³/mol. The molecule has 2 bridgehead atoms. The molecule has 6 rings (SSSR count). The Balaban J connectivity index is 1.24. The number of carboxylic acids is 1. The van der Waals surface area contributed by atoms with Crippen LogP contribution in [0.5, 0.6) is 5.75 Å². The lowest BCUT2D eigenvalue weighted by atomic mass is 9.82. The fraction of sp³-hybridized carbons (Fsp3) is 0.395. The molecule has 51 heavy (non-hydrogen) atoms. The minimum atomic E-state index is -2.26. The molecular weight excluding hydrogens is 745 g/mol. The highest BCUT2D eigenvalue weighted by atomic mass is 79.9. The van der Waals surface area contributed by atoms with Crippen molar-refractivity contribution in [1.29, 1.82) is 0 Å². The number of hydrogen-bond donors (Lipinski definition) is 4. The van der Waals surface area contributed by atoms with Crippen LogP contribution in [0.1, 0.15) is 42.4 Å². The molecule has 4 N–H and O–H groups in total. The van der Waals surface area contributed by atoms with Gasteiger partial charge in [0.25, 0.3) is 11.8 Å². The van der Waals surface area contributed by atoms with Gasteiger partial charge in [-0.2, -0.15) is 0 Å². The number of aliphatic hydroxyl groups is 2. The molecule has 1 aliphatic carbocycles. The Hall–Kier alpha value is -3.81. The number of carboxylic acid groups (broad SMARTS) is 1. The molecule has 4 atom stereocenters. The smallest absolute Gasteiger partial charge is 0.335 e. The third-order valence-electron chi connectivity index (χ3n) is 9.64.